The largest absolute Gasteiger partial charge is 0.329 e. The van der Waals surface area contributed by atoms with Crippen LogP contribution in [0.15, 0.2) is 0 Å². The second-order valence-electron chi connectivity index (χ2n) is 7.03. The molecule has 0 saturated heterocycles. The molecule has 4 nitrogen and oxygen atoms in total. The van der Waals surface area contributed by atoms with E-state index < -0.39 is 9.84 Å². The molecule has 126 valence electrons. The molecule has 2 atom stereocenters. The van der Waals surface area contributed by atoms with Gasteiger partial charge in [0.2, 0.25) is 0 Å². The number of sulfone groups is 1. The standard InChI is InChI=1S/C16H34N2O2S/c1-5-9-18(10-11-21(19,20)14(2)3)16(13-17)8-6-7-15(4)12-16/h14-15H,5-13,17H2,1-4H3. The van der Waals surface area contributed by atoms with E-state index in [0.29, 0.717) is 19.0 Å². The van der Waals surface area contributed by atoms with Crippen molar-refractivity contribution in [3.8, 4) is 0 Å². The molecule has 1 rings (SSSR count). The summed E-state index contributed by atoms with van der Waals surface area (Å²) in [6.45, 7) is 10.2. The molecule has 2 N–H and O–H groups in total. The predicted molar refractivity (Wildman–Crippen MR) is 90.2 cm³/mol. The topological polar surface area (TPSA) is 63.4 Å². The van der Waals surface area contributed by atoms with Crippen LogP contribution in [-0.2, 0) is 9.84 Å². The van der Waals surface area contributed by atoms with E-state index in [2.05, 4.69) is 18.7 Å². The van der Waals surface area contributed by atoms with Gasteiger partial charge in [0, 0.05) is 18.6 Å². The van der Waals surface area contributed by atoms with Crippen LogP contribution < -0.4 is 5.73 Å². The molecule has 0 radical (unpaired) electrons. The van der Waals surface area contributed by atoms with Gasteiger partial charge in [-0.15, -0.1) is 0 Å². The molecule has 1 aliphatic rings. The van der Waals surface area contributed by atoms with Crippen LogP contribution in [0.4, 0.5) is 0 Å². The Balaban J connectivity index is 2.83. The Morgan fingerprint density at radius 2 is 2.00 bits per heavy atom. The van der Waals surface area contributed by atoms with Crippen LogP contribution in [0.1, 0.15) is 59.8 Å². The monoisotopic (exact) mass is 318 g/mol. The molecule has 0 heterocycles. The molecule has 2 unspecified atom stereocenters. The van der Waals surface area contributed by atoms with Crippen molar-refractivity contribution in [3.63, 3.8) is 0 Å². The lowest BCUT2D eigenvalue weighted by Crippen LogP contribution is -2.57. The maximum absolute atomic E-state index is 12.1. The van der Waals surface area contributed by atoms with Gasteiger partial charge in [0.1, 0.15) is 0 Å². The van der Waals surface area contributed by atoms with Crippen LogP contribution in [0.2, 0.25) is 0 Å². The van der Waals surface area contributed by atoms with Crippen molar-refractivity contribution in [2.24, 2.45) is 11.7 Å². The Kier molecular flexibility index (Phi) is 7.14. The second-order valence-corrected chi connectivity index (χ2v) is 9.71. The third kappa shape index (κ3) is 4.93. The van der Waals surface area contributed by atoms with Crippen LogP contribution >= 0.6 is 0 Å². The summed E-state index contributed by atoms with van der Waals surface area (Å²) >= 11 is 0. The van der Waals surface area contributed by atoms with Gasteiger partial charge in [-0.25, -0.2) is 8.42 Å². The number of hydrogen-bond acceptors (Lipinski definition) is 4. The van der Waals surface area contributed by atoms with Crippen LogP contribution in [0, 0.1) is 5.92 Å². The van der Waals surface area contributed by atoms with E-state index >= 15 is 0 Å². The fraction of sp³-hybridized carbons (Fsp3) is 1.00. The third-order valence-corrected chi connectivity index (χ3v) is 7.16. The Bertz CT molecular complexity index is 409. The maximum atomic E-state index is 12.1. The fourth-order valence-electron chi connectivity index (χ4n) is 3.56. The number of rotatable bonds is 8. The van der Waals surface area contributed by atoms with Gasteiger partial charge in [-0.2, -0.15) is 0 Å². The van der Waals surface area contributed by atoms with Crippen LogP contribution in [0.3, 0.4) is 0 Å². The maximum Gasteiger partial charge on any atom is 0.153 e. The first-order valence-corrected chi connectivity index (χ1v) is 10.2. The molecular formula is C16H34N2O2S. The van der Waals surface area contributed by atoms with E-state index in [1.807, 2.05) is 0 Å². The van der Waals surface area contributed by atoms with Gasteiger partial charge < -0.3 is 5.73 Å². The summed E-state index contributed by atoms with van der Waals surface area (Å²) in [7, 11) is -2.98. The number of nitrogens with two attached hydrogens (primary N) is 1. The average Bonchev–Trinajstić information content (AvgIpc) is 2.43. The van der Waals surface area contributed by atoms with E-state index in [1.165, 1.54) is 12.8 Å². The highest BCUT2D eigenvalue weighted by Gasteiger charge is 2.39. The van der Waals surface area contributed by atoms with E-state index in [0.717, 1.165) is 25.8 Å². The van der Waals surface area contributed by atoms with Gasteiger partial charge in [0.15, 0.2) is 9.84 Å². The van der Waals surface area contributed by atoms with Crippen LogP contribution in [-0.4, -0.2) is 49.5 Å². The van der Waals surface area contributed by atoms with E-state index in [9.17, 15) is 8.42 Å². The minimum Gasteiger partial charge on any atom is -0.329 e. The lowest BCUT2D eigenvalue weighted by Gasteiger charge is -2.48. The SMILES string of the molecule is CCCN(CCS(=O)(=O)C(C)C)C1(CN)CCCC(C)C1. The van der Waals surface area contributed by atoms with E-state index in [1.54, 1.807) is 13.8 Å². The minimum atomic E-state index is -2.98. The Labute approximate surface area is 131 Å². The lowest BCUT2D eigenvalue weighted by molar-refractivity contribution is 0.0440. The molecule has 0 aliphatic heterocycles. The van der Waals surface area contributed by atoms with Gasteiger partial charge in [-0.1, -0.05) is 26.7 Å². The Morgan fingerprint density at radius 1 is 1.33 bits per heavy atom. The van der Waals surface area contributed by atoms with Crippen molar-refractivity contribution in [2.75, 3.05) is 25.4 Å². The fourth-order valence-corrected chi connectivity index (χ4v) is 4.51. The molecule has 0 amide bonds. The molecule has 0 aromatic rings. The average molecular weight is 319 g/mol. The van der Waals surface area contributed by atoms with Gasteiger partial charge in [0.05, 0.1) is 11.0 Å². The quantitative estimate of drug-likeness (QED) is 0.746. The second kappa shape index (κ2) is 7.93. The number of hydrogen-bond donors (Lipinski definition) is 1. The van der Waals surface area contributed by atoms with Gasteiger partial charge in [-0.3, -0.25) is 4.90 Å². The van der Waals surface area contributed by atoms with E-state index in [-0.39, 0.29) is 16.5 Å². The first-order chi connectivity index (χ1) is 9.77. The Morgan fingerprint density at radius 3 is 2.48 bits per heavy atom. The summed E-state index contributed by atoms with van der Waals surface area (Å²) in [5, 5.41) is -0.292. The molecule has 0 aromatic carbocycles. The summed E-state index contributed by atoms with van der Waals surface area (Å²) in [5.41, 5.74) is 6.15. The molecule has 0 aromatic heterocycles. The first-order valence-electron chi connectivity index (χ1n) is 8.44. The highest BCUT2D eigenvalue weighted by atomic mass is 32.2. The van der Waals surface area contributed by atoms with Crippen molar-refractivity contribution in [1.82, 2.24) is 4.90 Å². The van der Waals surface area contributed by atoms with Crippen molar-refractivity contribution >= 4 is 9.84 Å². The molecule has 21 heavy (non-hydrogen) atoms. The molecule has 1 saturated carbocycles. The zero-order chi connectivity index (χ0) is 16.1. The molecule has 0 bridgehead atoms. The predicted octanol–water partition coefficient (Wildman–Crippen LogP) is 2.43. The highest BCUT2D eigenvalue weighted by Crippen LogP contribution is 2.36. The van der Waals surface area contributed by atoms with Crippen LogP contribution in [0.5, 0.6) is 0 Å². The van der Waals surface area contributed by atoms with Crippen molar-refractivity contribution in [3.05, 3.63) is 0 Å². The van der Waals surface area contributed by atoms with Crippen molar-refractivity contribution in [2.45, 2.75) is 70.6 Å². The van der Waals surface area contributed by atoms with Crippen molar-refractivity contribution < 1.29 is 8.42 Å². The summed E-state index contributed by atoms with van der Waals surface area (Å²) in [4.78, 5) is 2.38. The van der Waals surface area contributed by atoms with E-state index in [4.69, 9.17) is 5.73 Å². The van der Waals surface area contributed by atoms with Gasteiger partial charge in [0.25, 0.3) is 0 Å². The summed E-state index contributed by atoms with van der Waals surface area (Å²) in [6.07, 6.45) is 5.72. The molecule has 0 spiro atoms. The highest BCUT2D eigenvalue weighted by molar-refractivity contribution is 7.92. The minimum absolute atomic E-state index is 0.0141. The molecule has 5 heteroatoms. The Hall–Kier alpha value is -0.130. The summed E-state index contributed by atoms with van der Waals surface area (Å²) in [5.74, 6) is 0.934. The van der Waals surface area contributed by atoms with Crippen molar-refractivity contribution in [1.29, 1.82) is 0 Å². The number of nitrogens with zero attached hydrogens (tertiary/aromatic N) is 1. The zero-order valence-corrected chi connectivity index (χ0v) is 15.1. The first kappa shape index (κ1) is 18.9. The van der Waals surface area contributed by atoms with Gasteiger partial charge in [-0.05, 0) is 45.6 Å². The lowest BCUT2D eigenvalue weighted by atomic mass is 9.75. The normalized spacial score (nSPS) is 27.5. The zero-order valence-electron chi connectivity index (χ0n) is 14.3. The summed E-state index contributed by atoms with van der Waals surface area (Å²) in [6, 6.07) is 0. The van der Waals surface area contributed by atoms with Gasteiger partial charge >= 0.3 is 0 Å². The molecule has 1 fully saturated rings. The third-order valence-electron chi connectivity index (χ3n) is 4.98. The smallest absolute Gasteiger partial charge is 0.153 e. The summed E-state index contributed by atoms with van der Waals surface area (Å²) < 4.78 is 24.2. The van der Waals surface area contributed by atoms with Crippen LogP contribution in [0.25, 0.3) is 0 Å². The molecular weight excluding hydrogens is 284 g/mol. The molecule has 1 aliphatic carbocycles.